The van der Waals surface area contributed by atoms with Crippen LogP contribution in [0, 0.1) is 6.92 Å². The molecule has 2 aromatic rings. The third-order valence-electron chi connectivity index (χ3n) is 4.10. The lowest BCUT2D eigenvalue weighted by Gasteiger charge is -2.34. The van der Waals surface area contributed by atoms with Gasteiger partial charge in [0.1, 0.15) is 5.82 Å². The van der Waals surface area contributed by atoms with Gasteiger partial charge in [0.25, 0.3) is 0 Å². The van der Waals surface area contributed by atoms with Gasteiger partial charge in [-0.15, -0.1) is 24.0 Å². The first-order chi connectivity index (χ1) is 11.7. The maximum Gasteiger partial charge on any atom is 0.194 e. The minimum atomic E-state index is 0. The van der Waals surface area contributed by atoms with E-state index in [2.05, 4.69) is 44.2 Å². The van der Waals surface area contributed by atoms with E-state index in [-0.39, 0.29) is 30.1 Å². The number of fused-ring (bicyclic) bond motifs is 1. The average Bonchev–Trinajstić information content (AvgIpc) is 2.98. The largest absolute Gasteiger partial charge is 0.382 e. The zero-order chi connectivity index (χ0) is 16.9. The number of rotatable bonds is 4. The fraction of sp³-hybridized carbons (Fsp3) is 0.529. The second kappa shape index (κ2) is 9.35. The molecule has 0 bridgehead atoms. The van der Waals surface area contributed by atoms with Crippen molar-refractivity contribution in [1.82, 2.24) is 20.2 Å². The lowest BCUT2D eigenvalue weighted by molar-refractivity contribution is -0.0447. The van der Waals surface area contributed by atoms with Crippen LogP contribution in [0.25, 0.3) is 11.0 Å². The summed E-state index contributed by atoms with van der Waals surface area (Å²) in [6.07, 6.45) is 0.0801. The van der Waals surface area contributed by atoms with Crippen molar-refractivity contribution >= 4 is 41.0 Å². The number of aromatic nitrogens is 2. The number of methoxy groups -OCH3 is 1. The predicted octanol–water partition coefficient (Wildman–Crippen LogP) is 1.91. The van der Waals surface area contributed by atoms with Crippen LogP contribution in [0.15, 0.2) is 23.2 Å². The summed E-state index contributed by atoms with van der Waals surface area (Å²) in [4.78, 5) is 14.5. The lowest BCUT2D eigenvalue weighted by Crippen LogP contribution is -2.51. The first-order valence-corrected chi connectivity index (χ1v) is 8.21. The molecule has 0 radical (unpaired) electrons. The van der Waals surface area contributed by atoms with Crippen LogP contribution in [0.2, 0.25) is 0 Å². The van der Waals surface area contributed by atoms with E-state index in [9.17, 15) is 0 Å². The average molecular weight is 459 g/mol. The maximum atomic E-state index is 5.69. The number of benzene rings is 1. The van der Waals surface area contributed by atoms with Crippen LogP contribution in [0.4, 0.5) is 0 Å². The first kappa shape index (κ1) is 19.9. The van der Waals surface area contributed by atoms with Gasteiger partial charge in [0, 0.05) is 27.2 Å². The van der Waals surface area contributed by atoms with Crippen LogP contribution >= 0.6 is 24.0 Å². The molecular formula is C17H26IN5O2. The number of aryl methyl sites for hydroxylation is 1. The molecule has 138 valence electrons. The molecule has 1 aliphatic rings. The minimum Gasteiger partial charge on any atom is -0.382 e. The van der Waals surface area contributed by atoms with E-state index in [1.165, 1.54) is 5.56 Å². The summed E-state index contributed by atoms with van der Waals surface area (Å²) < 4.78 is 10.9. The van der Waals surface area contributed by atoms with Gasteiger partial charge < -0.3 is 24.7 Å². The van der Waals surface area contributed by atoms with Crippen molar-refractivity contribution in [3.05, 3.63) is 29.6 Å². The molecule has 8 heteroatoms. The third-order valence-corrected chi connectivity index (χ3v) is 4.10. The van der Waals surface area contributed by atoms with Gasteiger partial charge in [-0.1, -0.05) is 6.07 Å². The molecular weight excluding hydrogens is 433 g/mol. The molecule has 2 heterocycles. The highest BCUT2D eigenvalue weighted by Crippen LogP contribution is 2.13. The molecule has 1 aliphatic heterocycles. The summed E-state index contributed by atoms with van der Waals surface area (Å²) in [5, 5.41) is 3.38. The van der Waals surface area contributed by atoms with Crippen LogP contribution in [0.1, 0.15) is 11.4 Å². The number of imidazole rings is 1. The van der Waals surface area contributed by atoms with Gasteiger partial charge in [-0.05, 0) is 24.6 Å². The number of nitrogens with one attached hydrogen (secondary N) is 2. The van der Waals surface area contributed by atoms with Gasteiger partial charge in [0.05, 0.1) is 36.9 Å². The van der Waals surface area contributed by atoms with Gasteiger partial charge >= 0.3 is 0 Å². The molecule has 1 saturated heterocycles. The Labute approximate surface area is 165 Å². The highest BCUT2D eigenvalue weighted by Gasteiger charge is 2.22. The van der Waals surface area contributed by atoms with Crippen molar-refractivity contribution in [2.75, 3.05) is 40.5 Å². The third kappa shape index (κ3) is 5.05. The monoisotopic (exact) mass is 459 g/mol. The van der Waals surface area contributed by atoms with Crippen LogP contribution in [-0.4, -0.2) is 67.4 Å². The molecule has 25 heavy (non-hydrogen) atoms. The summed E-state index contributed by atoms with van der Waals surface area (Å²) in [6.45, 7) is 5.54. The molecule has 0 saturated carbocycles. The summed E-state index contributed by atoms with van der Waals surface area (Å²) >= 11 is 0. The van der Waals surface area contributed by atoms with Gasteiger partial charge in [0.15, 0.2) is 5.96 Å². The number of H-pyrrole nitrogens is 1. The number of ether oxygens (including phenoxy) is 2. The number of aromatic amines is 1. The molecule has 2 N–H and O–H groups in total. The highest BCUT2D eigenvalue weighted by atomic mass is 127. The van der Waals surface area contributed by atoms with E-state index in [4.69, 9.17) is 9.47 Å². The molecule has 1 fully saturated rings. The smallest absolute Gasteiger partial charge is 0.194 e. The normalized spacial score (nSPS) is 18.3. The Hall–Kier alpha value is -1.39. The summed E-state index contributed by atoms with van der Waals surface area (Å²) in [5.74, 6) is 1.76. The van der Waals surface area contributed by atoms with Crippen molar-refractivity contribution in [3.8, 4) is 0 Å². The van der Waals surface area contributed by atoms with Crippen molar-refractivity contribution in [2.45, 2.75) is 19.6 Å². The Morgan fingerprint density at radius 2 is 2.36 bits per heavy atom. The Morgan fingerprint density at radius 3 is 3.12 bits per heavy atom. The van der Waals surface area contributed by atoms with Crippen LogP contribution < -0.4 is 5.32 Å². The van der Waals surface area contributed by atoms with Gasteiger partial charge in [-0.25, -0.2) is 4.98 Å². The van der Waals surface area contributed by atoms with E-state index < -0.39 is 0 Å². The van der Waals surface area contributed by atoms with Crippen LogP contribution in [0.3, 0.4) is 0 Å². The van der Waals surface area contributed by atoms with Crippen molar-refractivity contribution in [1.29, 1.82) is 0 Å². The molecule has 7 nitrogen and oxygen atoms in total. The number of hydrogen-bond acceptors (Lipinski definition) is 4. The number of halogens is 1. The Balaban J connectivity index is 0.00000225. The first-order valence-electron chi connectivity index (χ1n) is 8.21. The number of nitrogens with zero attached hydrogens (tertiary/aromatic N) is 3. The molecule has 1 atom stereocenters. The predicted molar refractivity (Wildman–Crippen MR) is 110 cm³/mol. The van der Waals surface area contributed by atoms with E-state index >= 15 is 0 Å². The van der Waals surface area contributed by atoms with Crippen molar-refractivity contribution in [3.63, 3.8) is 0 Å². The maximum absolute atomic E-state index is 5.69. The number of aliphatic imine (C=N–C) groups is 1. The van der Waals surface area contributed by atoms with E-state index in [0.717, 1.165) is 35.9 Å². The van der Waals surface area contributed by atoms with E-state index in [1.54, 1.807) is 14.2 Å². The topological polar surface area (TPSA) is 74.8 Å². The van der Waals surface area contributed by atoms with Crippen LogP contribution in [0.5, 0.6) is 0 Å². The molecule has 3 rings (SSSR count). The van der Waals surface area contributed by atoms with Gasteiger partial charge in [-0.2, -0.15) is 0 Å². The molecule has 0 aliphatic carbocycles. The standard InChI is InChI=1S/C17H25N5O2.HI/c1-12-4-5-14-15(8-12)21-16(20-14)9-19-17(18-2)22-6-7-24-13(10-22)11-23-3;/h4-5,8,13H,6-7,9-11H2,1-3H3,(H,18,19)(H,20,21);1H. The molecule has 1 unspecified atom stereocenters. The zero-order valence-electron chi connectivity index (χ0n) is 14.9. The Morgan fingerprint density at radius 1 is 1.52 bits per heavy atom. The number of guanidine groups is 1. The fourth-order valence-corrected chi connectivity index (χ4v) is 2.95. The molecule has 1 aromatic carbocycles. The van der Waals surface area contributed by atoms with Gasteiger partial charge in [-0.3, -0.25) is 4.99 Å². The lowest BCUT2D eigenvalue weighted by atomic mass is 10.2. The second-order valence-corrected chi connectivity index (χ2v) is 6.00. The SMILES string of the molecule is CN=C(NCc1nc2ccc(C)cc2[nH]1)N1CCOC(COC)C1.I. The summed E-state index contributed by atoms with van der Waals surface area (Å²) in [7, 11) is 3.49. The number of morpholine rings is 1. The minimum absolute atomic E-state index is 0. The van der Waals surface area contributed by atoms with Gasteiger partial charge in [0.2, 0.25) is 0 Å². The number of hydrogen-bond donors (Lipinski definition) is 2. The highest BCUT2D eigenvalue weighted by molar-refractivity contribution is 14.0. The quantitative estimate of drug-likeness (QED) is 0.415. The molecule has 0 amide bonds. The van der Waals surface area contributed by atoms with E-state index in [0.29, 0.717) is 19.8 Å². The fourth-order valence-electron chi connectivity index (χ4n) is 2.95. The zero-order valence-corrected chi connectivity index (χ0v) is 17.2. The van der Waals surface area contributed by atoms with E-state index in [1.807, 2.05) is 6.07 Å². The van der Waals surface area contributed by atoms with Crippen LogP contribution in [-0.2, 0) is 16.0 Å². The Kier molecular flexibility index (Phi) is 7.45. The summed E-state index contributed by atoms with van der Waals surface area (Å²) in [6, 6.07) is 6.22. The molecule has 1 aromatic heterocycles. The van der Waals surface area contributed by atoms with Crippen molar-refractivity contribution in [2.24, 2.45) is 4.99 Å². The summed E-state index contributed by atoms with van der Waals surface area (Å²) in [5.41, 5.74) is 3.27. The Bertz CT molecular complexity index is 716. The second-order valence-electron chi connectivity index (χ2n) is 6.00. The molecule has 0 spiro atoms. The van der Waals surface area contributed by atoms with Crippen molar-refractivity contribution < 1.29 is 9.47 Å².